The number of nitrogens with one attached hydrogen (secondary N) is 1. The molecule has 0 radical (unpaired) electrons. The van der Waals surface area contributed by atoms with E-state index in [4.69, 9.17) is 23.2 Å². The third-order valence-corrected chi connectivity index (χ3v) is 3.28. The molecule has 0 atom stereocenters. The SMILES string of the molecule is Cc1ccccc1C(=O)N/N=C/c1ccc(Cl)cc1Cl. The number of hydrazone groups is 1. The molecule has 2 rings (SSSR count). The van der Waals surface area contributed by atoms with Crippen LogP contribution in [0.1, 0.15) is 21.5 Å². The highest BCUT2D eigenvalue weighted by Gasteiger charge is 2.06. The average Bonchev–Trinajstić information content (AvgIpc) is 2.41. The highest BCUT2D eigenvalue weighted by molar-refractivity contribution is 6.36. The van der Waals surface area contributed by atoms with Gasteiger partial charge in [-0.1, -0.05) is 47.5 Å². The van der Waals surface area contributed by atoms with Gasteiger partial charge < -0.3 is 0 Å². The molecule has 1 N–H and O–H groups in total. The Balaban J connectivity index is 2.07. The van der Waals surface area contributed by atoms with Crippen molar-refractivity contribution in [3.8, 4) is 0 Å². The number of halogens is 2. The lowest BCUT2D eigenvalue weighted by atomic mass is 10.1. The first-order chi connectivity index (χ1) is 9.58. The lowest BCUT2D eigenvalue weighted by Gasteiger charge is -2.03. The Morgan fingerprint density at radius 2 is 1.95 bits per heavy atom. The van der Waals surface area contributed by atoms with Crippen LogP contribution in [0.15, 0.2) is 47.6 Å². The molecule has 2 aromatic rings. The third-order valence-electron chi connectivity index (χ3n) is 2.72. The van der Waals surface area contributed by atoms with E-state index in [1.165, 1.54) is 6.21 Å². The standard InChI is InChI=1S/C15H12Cl2N2O/c1-10-4-2-3-5-13(10)15(20)19-18-9-11-6-7-12(16)8-14(11)17/h2-9H,1H3,(H,19,20)/b18-9+. The minimum absolute atomic E-state index is 0.260. The summed E-state index contributed by atoms with van der Waals surface area (Å²) in [6, 6.07) is 12.4. The number of hydrogen-bond donors (Lipinski definition) is 1. The Morgan fingerprint density at radius 3 is 2.65 bits per heavy atom. The summed E-state index contributed by atoms with van der Waals surface area (Å²) in [6.45, 7) is 1.87. The van der Waals surface area contributed by atoms with Crippen molar-refractivity contribution in [1.29, 1.82) is 0 Å². The van der Waals surface area contributed by atoms with Crippen LogP contribution in [0.3, 0.4) is 0 Å². The Labute approximate surface area is 127 Å². The van der Waals surface area contributed by atoms with E-state index < -0.39 is 0 Å². The van der Waals surface area contributed by atoms with Crippen molar-refractivity contribution in [1.82, 2.24) is 5.43 Å². The first kappa shape index (κ1) is 14.6. The van der Waals surface area contributed by atoms with Gasteiger partial charge in [-0.25, -0.2) is 5.43 Å². The van der Waals surface area contributed by atoms with Crippen LogP contribution in [0, 0.1) is 6.92 Å². The van der Waals surface area contributed by atoms with Gasteiger partial charge in [0.05, 0.1) is 11.2 Å². The zero-order valence-electron chi connectivity index (χ0n) is 10.7. The molecular formula is C15H12Cl2N2O. The Kier molecular flexibility index (Phi) is 4.77. The van der Waals surface area contributed by atoms with Crippen LogP contribution in [0.5, 0.6) is 0 Å². The maximum absolute atomic E-state index is 11.9. The molecule has 0 spiro atoms. The maximum Gasteiger partial charge on any atom is 0.271 e. The predicted molar refractivity (Wildman–Crippen MR) is 82.7 cm³/mol. The molecule has 0 bridgehead atoms. The van der Waals surface area contributed by atoms with E-state index in [0.29, 0.717) is 21.2 Å². The second kappa shape index (κ2) is 6.55. The zero-order valence-corrected chi connectivity index (χ0v) is 12.2. The van der Waals surface area contributed by atoms with E-state index in [1.807, 2.05) is 25.1 Å². The fourth-order valence-electron chi connectivity index (χ4n) is 1.65. The van der Waals surface area contributed by atoms with Crippen molar-refractivity contribution in [2.75, 3.05) is 0 Å². The second-order valence-electron chi connectivity index (χ2n) is 4.18. The van der Waals surface area contributed by atoms with Gasteiger partial charge in [-0.3, -0.25) is 4.79 Å². The molecule has 0 fully saturated rings. The van der Waals surface area contributed by atoms with Crippen molar-refractivity contribution in [2.24, 2.45) is 5.10 Å². The number of benzene rings is 2. The molecule has 2 aromatic carbocycles. The van der Waals surface area contributed by atoms with E-state index in [9.17, 15) is 4.79 Å². The largest absolute Gasteiger partial charge is 0.271 e. The first-order valence-electron chi connectivity index (χ1n) is 5.92. The average molecular weight is 307 g/mol. The number of amides is 1. The summed E-state index contributed by atoms with van der Waals surface area (Å²) in [5, 5.41) is 4.93. The summed E-state index contributed by atoms with van der Waals surface area (Å²) >= 11 is 11.8. The maximum atomic E-state index is 11.9. The monoisotopic (exact) mass is 306 g/mol. The van der Waals surface area contributed by atoms with E-state index in [0.717, 1.165) is 5.56 Å². The minimum atomic E-state index is -0.260. The Hall–Kier alpha value is -1.84. The predicted octanol–water partition coefficient (Wildman–Crippen LogP) is 4.07. The molecule has 0 aliphatic heterocycles. The van der Waals surface area contributed by atoms with Gasteiger partial charge in [-0.05, 0) is 30.7 Å². The summed E-state index contributed by atoms with van der Waals surface area (Å²) in [5.74, 6) is -0.260. The molecule has 20 heavy (non-hydrogen) atoms. The highest BCUT2D eigenvalue weighted by atomic mass is 35.5. The second-order valence-corrected chi connectivity index (χ2v) is 5.02. The fraction of sp³-hybridized carbons (Fsp3) is 0.0667. The summed E-state index contributed by atoms with van der Waals surface area (Å²) in [4.78, 5) is 11.9. The van der Waals surface area contributed by atoms with E-state index in [-0.39, 0.29) is 5.91 Å². The normalized spacial score (nSPS) is 10.8. The zero-order chi connectivity index (χ0) is 14.5. The molecular weight excluding hydrogens is 295 g/mol. The molecule has 102 valence electrons. The Morgan fingerprint density at radius 1 is 1.20 bits per heavy atom. The molecule has 3 nitrogen and oxygen atoms in total. The molecule has 0 aromatic heterocycles. The van der Waals surface area contributed by atoms with Gasteiger partial charge in [-0.15, -0.1) is 0 Å². The van der Waals surface area contributed by atoms with Crippen LogP contribution in [-0.4, -0.2) is 12.1 Å². The summed E-state index contributed by atoms with van der Waals surface area (Å²) in [6.07, 6.45) is 1.48. The van der Waals surface area contributed by atoms with Gasteiger partial charge in [-0.2, -0.15) is 5.10 Å². The summed E-state index contributed by atoms with van der Waals surface area (Å²) < 4.78 is 0. The van der Waals surface area contributed by atoms with E-state index >= 15 is 0 Å². The molecule has 0 aliphatic rings. The summed E-state index contributed by atoms with van der Waals surface area (Å²) in [5.41, 5.74) is 4.63. The smallest absolute Gasteiger partial charge is 0.267 e. The number of rotatable bonds is 3. The van der Waals surface area contributed by atoms with Gasteiger partial charge in [0.1, 0.15) is 0 Å². The van der Waals surface area contributed by atoms with Crippen LogP contribution < -0.4 is 5.43 Å². The van der Waals surface area contributed by atoms with E-state index in [2.05, 4.69) is 10.5 Å². The van der Waals surface area contributed by atoms with Gasteiger partial charge in [0.15, 0.2) is 0 Å². The van der Waals surface area contributed by atoms with Crippen molar-refractivity contribution in [2.45, 2.75) is 6.92 Å². The number of carbonyl (C=O) groups is 1. The number of aryl methyl sites for hydroxylation is 1. The third kappa shape index (κ3) is 3.59. The summed E-state index contributed by atoms with van der Waals surface area (Å²) in [7, 11) is 0. The first-order valence-corrected chi connectivity index (χ1v) is 6.67. The minimum Gasteiger partial charge on any atom is -0.267 e. The topological polar surface area (TPSA) is 41.5 Å². The van der Waals surface area contributed by atoms with Crippen LogP contribution in [0.4, 0.5) is 0 Å². The van der Waals surface area contributed by atoms with Gasteiger partial charge >= 0.3 is 0 Å². The molecule has 0 saturated carbocycles. The van der Waals surface area contributed by atoms with Crippen molar-refractivity contribution in [3.05, 3.63) is 69.2 Å². The van der Waals surface area contributed by atoms with Gasteiger partial charge in [0.2, 0.25) is 0 Å². The van der Waals surface area contributed by atoms with Crippen LogP contribution in [-0.2, 0) is 0 Å². The van der Waals surface area contributed by atoms with Crippen molar-refractivity contribution >= 4 is 35.3 Å². The quantitative estimate of drug-likeness (QED) is 0.674. The molecule has 5 heteroatoms. The molecule has 0 saturated heterocycles. The number of carbonyl (C=O) groups excluding carboxylic acids is 1. The number of nitrogens with zero attached hydrogens (tertiary/aromatic N) is 1. The molecule has 0 unspecified atom stereocenters. The van der Waals surface area contributed by atoms with Crippen LogP contribution in [0.25, 0.3) is 0 Å². The molecule has 1 amide bonds. The van der Waals surface area contributed by atoms with Gasteiger partial charge in [0.25, 0.3) is 5.91 Å². The molecule has 0 aliphatic carbocycles. The van der Waals surface area contributed by atoms with Crippen molar-refractivity contribution in [3.63, 3.8) is 0 Å². The van der Waals surface area contributed by atoms with Crippen LogP contribution >= 0.6 is 23.2 Å². The lowest BCUT2D eigenvalue weighted by Crippen LogP contribution is -2.18. The van der Waals surface area contributed by atoms with Crippen molar-refractivity contribution < 1.29 is 4.79 Å². The Bertz CT molecular complexity index is 669. The van der Waals surface area contributed by atoms with E-state index in [1.54, 1.807) is 24.3 Å². The highest BCUT2D eigenvalue weighted by Crippen LogP contribution is 2.19. The van der Waals surface area contributed by atoms with Crippen LogP contribution in [0.2, 0.25) is 10.0 Å². The van der Waals surface area contributed by atoms with Gasteiger partial charge in [0, 0.05) is 16.1 Å². The lowest BCUT2D eigenvalue weighted by molar-refractivity contribution is 0.0954. The molecule has 0 heterocycles. The fourth-order valence-corrected chi connectivity index (χ4v) is 2.11. The number of hydrogen-bond acceptors (Lipinski definition) is 2.